The van der Waals surface area contributed by atoms with Crippen molar-refractivity contribution in [2.75, 3.05) is 14.2 Å². The molecule has 0 aromatic carbocycles. The maximum atomic E-state index is 11.6. The van der Waals surface area contributed by atoms with Gasteiger partial charge < -0.3 is 9.47 Å². The van der Waals surface area contributed by atoms with Gasteiger partial charge in [-0.1, -0.05) is 32.9 Å². The van der Waals surface area contributed by atoms with E-state index in [2.05, 4.69) is 47.8 Å². The van der Waals surface area contributed by atoms with Crippen LogP contribution in [-0.4, -0.2) is 26.2 Å². The standard InChI is InChI=1S/C17H24O4S/c1-12(14-7-6-10-22-14)11-17(2,3)9-8-13(15(18)20-4)16(19)21-5/h6-8,10,12H,9,11H2,1-5H3. The van der Waals surface area contributed by atoms with Crippen LogP contribution >= 0.6 is 11.3 Å². The summed E-state index contributed by atoms with van der Waals surface area (Å²) in [5.41, 5.74) is -0.0849. The van der Waals surface area contributed by atoms with Gasteiger partial charge in [-0.2, -0.15) is 0 Å². The van der Waals surface area contributed by atoms with Crippen LogP contribution in [0.3, 0.4) is 0 Å². The van der Waals surface area contributed by atoms with Crippen LogP contribution in [0.1, 0.15) is 44.4 Å². The van der Waals surface area contributed by atoms with Gasteiger partial charge in [0.2, 0.25) is 0 Å². The molecule has 0 aliphatic rings. The van der Waals surface area contributed by atoms with Crippen molar-refractivity contribution in [2.24, 2.45) is 5.41 Å². The van der Waals surface area contributed by atoms with Crippen LogP contribution in [-0.2, 0) is 19.1 Å². The second-order valence-electron chi connectivity index (χ2n) is 6.09. The summed E-state index contributed by atoms with van der Waals surface area (Å²) >= 11 is 1.75. The molecule has 122 valence electrons. The molecule has 1 aromatic heterocycles. The van der Waals surface area contributed by atoms with Gasteiger partial charge in [-0.05, 0) is 35.6 Å². The number of carbonyl (C=O) groups is 2. The first kappa shape index (κ1) is 18.4. The molecule has 1 rings (SSSR count). The lowest BCUT2D eigenvalue weighted by Crippen LogP contribution is -2.18. The third kappa shape index (κ3) is 5.30. The molecule has 0 N–H and O–H groups in total. The molecule has 1 aromatic rings. The van der Waals surface area contributed by atoms with Gasteiger partial charge in [-0.3, -0.25) is 0 Å². The number of hydrogen-bond donors (Lipinski definition) is 0. The number of ether oxygens (including phenoxy) is 2. The predicted octanol–water partition coefficient (Wildman–Crippen LogP) is 3.93. The summed E-state index contributed by atoms with van der Waals surface area (Å²) < 4.78 is 9.27. The molecule has 0 saturated heterocycles. The van der Waals surface area contributed by atoms with Gasteiger partial charge in [0.25, 0.3) is 0 Å². The molecule has 0 aliphatic heterocycles. The molecule has 1 heterocycles. The quantitative estimate of drug-likeness (QED) is 0.330. The monoisotopic (exact) mass is 324 g/mol. The molecule has 1 unspecified atom stereocenters. The zero-order valence-electron chi connectivity index (χ0n) is 13.8. The van der Waals surface area contributed by atoms with E-state index >= 15 is 0 Å². The van der Waals surface area contributed by atoms with Crippen molar-refractivity contribution < 1.29 is 19.1 Å². The first-order chi connectivity index (χ1) is 10.3. The van der Waals surface area contributed by atoms with E-state index in [1.54, 1.807) is 17.4 Å². The molecular formula is C17H24O4S. The Morgan fingerprint density at radius 1 is 1.27 bits per heavy atom. The molecule has 0 radical (unpaired) electrons. The number of hydrogen-bond acceptors (Lipinski definition) is 5. The Morgan fingerprint density at radius 3 is 2.32 bits per heavy atom. The molecule has 5 heteroatoms. The van der Waals surface area contributed by atoms with Crippen LogP contribution in [0.25, 0.3) is 0 Å². The van der Waals surface area contributed by atoms with Crippen LogP contribution in [0.4, 0.5) is 0 Å². The molecule has 0 spiro atoms. The summed E-state index contributed by atoms with van der Waals surface area (Å²) in [6, 6.07) is 4.19. The van der Waals surface area contributed by atoms with Crippen molar-refractivity contribution in [1.29, 1.82) is 0 Å². The molecule has 4 nitrogen and oxygen atoms in total. The van der Waals surface area contributed by atoms with Crippen LogP contribution in [0.2, 0.25) is 0 Å². The fourth-order valence-corrected chi connectivity index (χ4v) is 3.22. The van der Waals surface area contributed by atoms with E-state index in [0.717, 1.165) is 6.42 Å². The van der Waals surface area contributed by atoms with Crippen molar-refractivity contribution in [3.63, 3.8) is 0 Å². The van der Waals surface area contributed by atoms with Crippen LogP contribution in [0, 0.1) is 5.41 Å². The Morgan fingerprint density at radius 2 is 1.86 bits per heavy atom. The highest BCUT2D eigenvalue weighted by Gasteiger charge is 2.25. The molecule has 0 amide bonds. The molecule has 0 saturated carbocycles. The fraction of sp³-hybridized carbons (Fsp3) is 0.529. The van der Waals surface area contributed by atoms with Crippen molar-refractivity contribution in [2.45, 2.75) is 39.5 Å². The molecule has 1 atom stereocenters. The summed E-state index contributed by atoms with van der Waals surface area (Å²) in [4.78, 5) is 24.6. The average Bonchev–Trinajstić information content (AvgIpc) is 3.00. The van der Waals surface area contributed by atoms with E-state index in [1.807, 2.05) is 0 Å². The highest BCUT2D eigenvalue weighted by atomic mass is 32.1. The van der Waals surface area contributed by atoms with Crippen LogP contribution in [0.15, 0.2) is 29.2 Å². The Hall–Kier alpha value is -1.62. The number of thiophene rings is 1. The number of carbonyl (C=O) groups excluding carboxylic acids is 2. The largest absolute Gasteiger partial charge is 0.465 e. The lowest BCUT2D eigenvalue weighted by atomic mass is 9.79. The van der Waals surface area contributed by atoms with Crippen molar-refractivity contribution >= 4 is 23.3 Å². The van der Waals surface area contributed by atoms with Crippen LogP contribution in [0.5, 0.6) is 0 Å². The van der Waals surface area contributed by atoms with E-state index in [-0.39, 0.29) is 11.0 Å². The number of methoxy groups -OCH3 is 2. The highest BCUT2D eigenvalue weighted by Crippen LogP contribution is 2.36. The second-order valence-corrected chi connectivity index (χ2v) is 7.07. The third-order valence-electron chi connectivity index (χ3n) is 3.56. The van der Waals surface area contributed by atoms with Gasteiger partial charge in [0, 0.05) is 4.88 Å². The van der Waals surface area contributed by atoms with E-state index in [4.69, 9.17) is 0 Å². The van der Waals surface area contributed by atoms with Gasteiger partial charge in [-0.25, -0.2) is 9.59 Å². The van der Waals surface area contributed by atoms with Gasteiger partial charge >= 0.3 is 11.9 Å². The zero-order chi connectivity index (χ0) is 16.8. The minimum Gasteiger partial charge on any atom is -0.465 e. The summed E-state index contributed by atoms with van der Waals surface area (Å²) in [5.74, 6) is -0.883. The van der Waals surface area contributed by atoms with E-state index in [1.165, 1.54) is 19.1 Å². The average molecular weight is 324 g/mol. The topological polar surface area (TPSA) is 52.6 Å². The number of esters is 2. The van der Waals surface area contributed by atoms with E-state index in [9.17, 15) is 9.59 Å². The Labute approximate surface area is 136 Å². The van der Waals surface area contributed by atoms with Crippen molar-refractivity contribution in [1.82, 2.24) is 0 Å². The van der Waals surface area contributed by atoms with E-state index in [0.29, 0.717) is 12.3 Å². The summed E-state index contributed by atoms with van der Waals surface area (Å²) in [7, 11) is 2.51. The first-order valence-corrected chi connectivity index (χ1v) is 8.09. The lowest BCUT2D eigenvalue weighted by molar-refractivity contribution is -0.144. The maximum Gasteiger partial charge on any atom is 0.344 e. The summed E-state index contributed by atoms with van der Waals surface area (Å²) in [6.45, 7) is 6.44. The number of rotatable bonds is 7. The fourth-order valence-electron chi connectivity index (χ4n) is 2.43. The smallest absolute Gasteiger partial charge is 0.344 e. The number of allylic oxidation sites excluding steroid dienone is 1. The minimum atomic E-state index is -0.658. The minimum absolute atomic E-state index is 0.0400. The van der Waals surface area contributed by atoms with Gasteiger partial charge in [0.15, 0.2) is 0 Å². The van der Waals surface area contributed by atoms with E-state index < -0.39 is 11.9 Å². The molecule has 0 fully saturated rings. The molecule has 0 bridgehead atoms. The lowest BCUT2D eigenvalue weighted by Gasteiger charge is -2.26. The Bertz CT molecular complexity index is 511. The van der Waals surface area contributed by atoms with Crippen molar-refractivity contribution in [3.05, 3.63) is 34.0 Å². The molecular weight excluding hydrogens is 300 g/mol. The second kappa shape index (κ2) is 8.13. The summed E-state index contributed by atoms with van der Waals surface area (Å²) in [5, 5.41) is 2.07. The van der Waals surface area contributed by atoms with Crippen LogP contribution < -0.4 is 0 Å². The van der Waals surface area contributed by atoms with Gasteiger partial charge in [0.05, 0.1) is 14.2 Å². The highest BCUT2D eigenvalue weighted by molar-refractivity contribution is 7.10. The van der Waals surface area contributed by atoms with Gasteiger partial charge in [0.1, 0.15) is 5.57 Å². The zero-order valence-corrected chi connectivity index (χ0v) is 14.7. The molecule has 22 heavy (non-hydrogen) atoms. The van der Waals surface area contributed by atoms with Crippen molar-refractivity contribution in [3.8, 4) is 0 Å². The van der Waals surface area contributed by atoms with Gasteiger partial charge in [-0.15, -0.1) is 11.3 Å². The Balaban J connectivity index is 2.78. The first-order valence-electron chi connectivity index (χ1n) is 7.21. The normalized spacial score (nSPS) is 12.4. The predicted molar refractivity (Wildman–Crippen MR) is 87.9 cm³/mol. The summed E-state index contributed by atoms with van der Waals surface area (Å²) in [6.07, 6.45) is 3.18. The SMILES string of the molecule is COC(=O)C(=CCC(C)(C)CC(C)c1cccs1)C(=O)OC. The third-order valence-corrected chi connectivity index (χ3v) is 4.66. The maximum absolute atomic E-state index is 11.6. The Kier molecular flexibility index (Phi) is 6.81. The molecule has 0 aliphatic carbocycles.